The number of hydrogen-bond acceptors (Lipinski definition) is 5. The van der Waals surface area contributed by atoms with Crippen molar-refractivity contribution < 1.29 is 13.2 Å². The zero-order valence-corrected chi connectivity index (χ0v) is 19.4. The largest absolute Gasteiger partial charge is 0.416 e. The van der Waals surface area contributed by atoms with Crippen LogP contribution in [0.25, 0.3) is 0 Å². The average Bonchev–Trinajstić information content (AvgIpc) is 3.16. The molecule has 4 nitrogen and oxygen atoms in total. The molecule has 0 amide bonds. The van der Waals surface area contributed by atoms with Crippen molar-refractivity contribution >= 4 is 28.3 Å². The van der Waals surface area contributed by atoms with Crippen LogP contribution in [0.5, 0.6) is 0 Å². The molecule has 1 aromatic heterocycles. The second kappa shape index (κ2) is 8.89. The lowest BCUT2D eigenvalue weighted by atomic mass is 9.52. The first-order valence-electron chi connectivity index (χ1n) is 11.0. The van der Waals surface area contributed by atoms with Crippen LogP contribution in [0.3, 0.4) is 0 Å². The topological polar surface area (TPSA) is 49.8 Å². The average molecular weight is 493 g/mol. The van der Waals surface area contributed by atoms with E-state index < -0.39 is 11.7 Å². The van der Waals surface area contributed by atoms with Crippen molar-refractivity contribution in [2.45, 2.75) is 56.9 Å². The number of benzene rings is 2. The predicted octanol–water partition coefficient (Wildman–Crippen LogP) is 6.31. The van der Waals surface area contributed by atoms with Crippen LogP contribution in [0.4, 0.5) is 18.3 Å². The number of aromatic nitrogens is 2. The van der Waals surface area contributed by atoms with Crippen LogP contribution in [0.2, 0.25) is 5.02 Å². The van der Waals surface area contributed by atoms with Gasteiger partial charge in [0.15, 0.2) is 0 Å². The van der Waals surface area contributed by atoms with Crippen molar-refractivity contribution in [2.24, 2.45) is 5.41 Å². The molecule has 2 aliphatic carbocycles. The van der Waals surface area contributed by atoms with Gasteiger partial charge in [0.05, 0.1) is 5.56 Å². The Morgan fingerprint density at radius 3 is 2.45 bits per heavy atom. The molecule has 33 heavy (non-hydrogen) atoms. The summed E-state index contributed by atoms with van der Waals surface area (Å²) in [6.07, 6.45) is 0.725. The Kier molecular flexibility index (Phi) is 6.09. The monoisotopic (exact) mass is 492 g/mol. The Labute approximate surface area is 199 Å². The number of anilines is 1. The minimum atomic E-state index is -4.30. The third-order valence-corrected chi connectivity index (χ3v) is 7.57. The van der Waals surface area contributed by atoms with E-state index in [-0.39, 0.29) is 0 Å². The highest BCUT2D eigenvalue weighted by Crippen LogP contribution is 2.56. The molecular weight excluding hydrogens is 469 g/mol. The summed E-state index contributed by atoms with van der Waals surface area (Å²) < 4.78 is 43.1. The lowest BCUT2D eigenvalue weighted by Gasteiger charge is -2.58. The van der Waals surface area contributed by atoms with E-state index in [1.165, 1.54) is 23.7 Å². The first-order chi connectivity index (χ1) is 15.8. The standard InChI is InChI=1S/C24H24ClF3N4S/c25-18-6-4-15(5-7-18)9-21-31-22(33-32-21)30-20-12-23(13-20)10-19(11-23)29-14-16-2-1-3-17(8-16)24(26,27)28/h1-8,19-20,29H,9-14H2,(H,30,31,32). The third kappa shape index (κ3) is 5.34. The van der Waals surface area contributed by atoms with Gasteiger partial charge in [0.1, 0.15) is 5.82 Å². The maximum atomic E-state index is 12.9. The summed E-state index contributed by atoms with van der Waals surface area (Å²) >= 11 is 7.33. The molecular formula is C24H24ClF3N4S. The zero-order chi connectivity index (χ0) is 23.1. The van der Waals surface area contributed by atoms with Crippen LogP contribution >= 0.6 is 23.1 Å². The van der Waals surface area contributed by atoms with Crippen LogP contribution < -0.4 is 10.6 Å². The molecule has 174 valence electrons. The van der Waals surface area contributed by atoms with Gasteiger partial charge in [0.25, 0.3) is 0 Å². The van der Waals surface area contributed by atoms with Crippen LogP contribution in [0.1, 0.15) is 48.2 Å². The van der Waals surface area contributed by atoms with Crippen LogP contribution in [-0.2, 0) is 19.1 Å². The number of nitrogens with one attached hydrogen (secondary N) is 2. The number of hydrogen-bond donors (Lipinski definition) is 2. The van der Waals surface area contributed by atoms with Crippen molar-refractivity contribution in [2.75, 3.05) is 5.32 Å². The zero-order valence-electron chi connectivity index (χ0n) is 17.8. The van der Waals surface area contributed by atoms with Crippen molar-refractivity contribution in [3.63, 3.8) is 0 Å². The van der Waals surface area contributed by atoms with Crippen LogP contribution in [0, 0.1) is 5.41 Å². The maximum Gasteiger partial charge on any atom is 0.416 e. The Morgan fingerprint density at radius 2 is 1.73 bits per heavy atom. The fourth-order valence-corrected chi connectivity index (χ4v) is 5.80. The van der Waals surface area contributed by atoms with Gasteiger partial charge in [-0.2, -0.15) is 17.5 Å². The summed E-state index contributed by atoms with van der Waals surface area (Å²) in [6, 6.07) is 14.0. The molecule has 2 aromatic carbocycles. The van der Waals surface area contributed by atoms with Crippen molar-refractivity contribution in [1.82, 2.24) is 14.7 Å². The molecule has 1 heterocycles. The predicted molar refractivity (Wildman–Crippen MR) is 125 cm³/mol. The number of halogens is 4. The SMILES string of the molecule is FC(F)(F)c1cccc(CNC2CC3(C2)CC(Nc2nc(Cc4ccc(Cl)cc4)ns2)C3)c1. The normalized spacial score (nSPS) is 24.4. The smallest absolute Gasteiger partial charge is 0.358 e. The second-order valence-electron chi connectivity index (χ2n) is 9.25. The van der Waals surface area contributed by atoms with E-state index in [0.29, 0.717) is 36.0 Å². The fraction of sp³-hybridized carbons (Fsp3) is 0.417. The van der Waals surface area contributed by atoms with E-state index >= 15 is 0 Å². The molecule has 2 saturated carbocycles. The summed E-state index contributed by atoms with van der Waals surface area (Å²) in [4.78, 5) is 4.61. The molecule has 9 heteroatoms. The third-order valence-electron chi connectivity index (χ3n) is 6.64. The summed E-state index contributed by atoms with van der Waals surface area (Å²) in [5, 5.41) is 8.50. The van der Waals surface area contributed by atoms with Gasteiger partial charge in [-0.25, -0.2) is 4.98 Å². The lowest BCUT2D eigenvalue weighted by Crippen LogP contribution is -2.58. The highest BCUT2D eigenvalue weighted by molar-refractivity contribution is 7.09. The van der Waals surface area contributed by atoms with E-state index in [1.54, 1.807) is 6.07 Å². The van der Waals surface area contributed by atoms with Crippen LogP contribution in [-0.4, -0.2) is 21.4 Å². The Bertz CT molecular complexity index is 1100. The molecule has 0 unspecified atom stereocenters. The second-order valence-corrected chi connectivity index (χ2v) is 10.4. The summed E-state index contributed by atoms with van der Waals surface area (Å²) in [5.74, 6) is 0.807. The Hall–Kier alpha value is -2.16. The van der Waals surface area contributed by atoms with E-state index in [2.05, 4.69) is 20.0 Å². The number of rotatable bonds is 7. The summed E-state index contributed by atoms with van der Waals surface area (Å²) in [6.45, 7) is 0.466. The highest BCUT2D eigenvalue weighted by Gasteiger charge is 2.52. The van der Waals surface area contributed by atoms with E-state index in [4.69, 9.17) is 11.6 Å². The molecule has 0 bridgehead atoms. The van der Waals surface area contributed by atoms with Crippen molar-refractivity contribution in [3.8, 4) is 0 Å². The maximum absolute atomic E-state index is 12.9. The number of alkyl halides is 3. The molecule has 2 N–H and O–H groups in total. The molecule has 2 aliphatic rings. The minimum absolute atomic E-state index is 0.361. The Morgan fingerprint density at radius 1 is 1.00 bits per heavy atom. The summed E-state index contributed by atoms with van der Waals surface area (Å²) in [7, 11) is 0. The molecule has 0 aliphatic heterocycles. The van der Waals surface area contributed by atoms with E-state index in [9.17, 15) is 13.2 Å². The molecule has 0 radical (unpaired) electrons. The number of nitrogens with zero attached hydrogens (tertiary/aromatic N) is 2. The first kappa shape index (κ1) is 22.6. The van der Waals surface area contributed by atoms with Crippen LogP contribution in [0.15, 0.2) is 48.5 Å². The molecule has 3 aromatic rings. The quantitative estimate of drug-likeness (QED) is 0.405. The van der Waals surface area contributed by atoms with Gasteiger partial charge in [-0.05, 0) is 60.4 Å². The van der Waals surface area contributed by atoms with Crippen molar-refractivity contribution in [1.29, 1.82) is 0 Å². The van der Waals surface area contributed by atoms with E-state index in [0.717, 1.165) is 53.3 Å². The van der Waals surface area contributed by atoms with E-state index in [1.807, 2.05) is 24.3 Å². The minimum Gasteiger partial charge on any atom is -0.358 e. The van der Waals surface area contributed by atoms with Gasteiger partial charge in [0, 0.05) is 41.6 Å². The van der Waals surface area contributed by atoms with Gasteiger partial charge in [-0.15, -0.1) is 0 Å². The van der Waals surface area contributed by atoms with Gasteiger partial charge in [0.2, 0.25) is 5.13 Å². The molecule has 0 atom stereocenters. The first-order valence-corrected chi connectivity index (χ1v) is 12.1. The summed E-state index contributed by atoms with van der Waals surface area (Å²) in [5.41, 5.74) is 1.57. The molecule has 0 saturated heterocycles. The van der Waals surface area contributed by atoms with Gasteiger partial charge >= 0.3 is 6.18 Å². The molecule has 2 fully saturated rings. The molecule has 5 rings (SSSR count). The Balaban J connectivity index is 1.04. The van der Waals surface area contributed by atoms with Gasteiger partial charge < -0.3 is 10.6 Å². The van der Waals surface area contributed by atoms with Crippen molar-refractivity contribution in [3.05, 3.63) is 76.1 Å². The van der Waals surface area contributed by atoms with Gasteiger partial charge in [-0.1, -0.05) is 41.9 Å². The lowest BCUT2D eigenvalue weighted by molar-refractivity contribution is -0.137. The highest BCUT2D eigenvalue weighted by atomic mass is 35.5. The fourth-order valence-electron chi connectivity index (χ4n) is 5.01. The molecule has 1 spiro atoms. The van der Waals surface area contributed by atoms with Gasteiger partial charge in [-0.3, -0.25) is 0 Å².